The van der Waals surface area contributed by atoms with E-state index >= 15 is 0 Å². The van der Waals surface area contributed by atoms with E-state index in [0.29, 0.717) is 24.9 Å². The zero-order valence-corrected chi connectivity index (χ0v) is 19.1. The third-order valence-corrected chi connectivity index (χ3v) is 6.89. The Labute approximate surface area is 174 Å². The molecule has 0 N–H and O–H groups in total. The first-order valence-corrected chi connectivity index (χ1v) is 11.5. The standard InChI is InChI=1S/C21H32N2O5S/c1-15-13-17(22(6)20(25)28-21(3,4)5)14-16(2)19(15)9-12-29(26,27)23-10-7-18(24)8-11-23/h13-14H,7-12H2,1-6H3. The van der Waals surface area contributed by atoms with Crippen LogP contribution in [0.4, 0.5) is 10.5 Å². The maximum absolute atomic E-state index is 12.6. The van der Waals surface area contributed by atoms with Crippen LogP contribution < -0.4 is 4.90 Å². The Morgan fingerprint density at radius 3 is 2.14 bits per heavy atom. The molecule has 0 atom stereocenters. The van der Waals surface area contributed by atoms with Crippen molar-refractivity contribution in [2.45, 2.75) is 59.5 Å². The van der Waals surface area contributed by atoms with Gasteiger partial charge in [-0.2, -0.15) is 0 Å². The zero-order chi connectivity index (χ0) is 22.0. The summed E-state index contributed by atoms with van der Waals surface area (Å²) < 4.78 is 32.1. The van der Waals surface area contributed by atoms with E-state index in [9.17, 15) is 18.0 Å². The predicted molar refractivity (Wildman–Crippen MR) is 114 cm³/mol. The van der Waals surface area contributed by atoms with E-state index in [1.807, 2.05) is 46.8 Å². The van der Waals surface area contributed by atoms with Crippen molar-refractivity contribution in [3.8, 4) is 0 Å². The van der Waals surface area contributed by atoms with E-state index in [4.69, 9.17) is 4.74 Å². The molecule has 0 bridgehead atoms. The smallest absolute Gasteiger partial charge is 0.414 e. The largest absolute Gasteiger partial charge is 0.443 e. The number of Topliss-reactive ketones (excluding diaryl/α,β-unsaturated/α-hetero) is 1. The highest BCUT2D eigenvalue weighted by molar-refractivity contribution is 7.89. The molecule has 162 valence electrons. The minimum Gasteiger partial charge on any atom is -0.443 e. The molecule has 1 aromatic carbocycles. The maximum Gasteiger partial charge on any atom is 0.414 e. The molecule has 1 amide bonds. The van der Waals surface area contributed by atoms with Gasteiger partial charge in [-0.25, -0.2) is 17.5 Å². The third kappa shape index (κ3) is 6.27. The number of ketones is 1. The summed E-state index contributed by atoms with van der Waals surface area (Å²) in [7, 11) is -1.75. The molecular weight excluding hydrogens is 392 g/mol. The van der Waals surface area contributed by atoms with Crippen molar-refractivity contribution in [3.05, 3.63) is 28.8 Å². The molecule has 1 saturated heterocycles. The number of anilines is 1. The van der Waals surface area contributed by atoms with Crippen molar-refractivity contribution in [1.82, 2.24) is 4.31 Å². The van der Waals surface area contributed by atoms with Crippen LogP contribution in [-0.4, -0.2) is 56.1 Å². The van der Waals surface area contributed by atoms with Crippen LogP contribution in [-0.2, 0) is 26.0 Å². The molecule has 0 radical (unpaired) electrons. The molecule has 1 aliphatic rings. The fraction of sp³-hybridized carbons (Fsp3) is 0.619. The number of benzene rings is 1. The van der Waals surface area contributed by atoms with Crippen molar-refractivity contribution in [1.29, 1.82) is 0 Å². The summed E-state index contributed by atoms with van der Waals surface area (Å²) in [6.07, 6.45) is 0.540. The number of hydrogen-bond acceptors (Lipinski definition) is 5. The van der Waals surface area contributed by atoms with Crippen LogP contribution >= 0.6 is 0 Å². The first-order valence-electron chi connectivity index (χ1n) is 9.86. The van der Waals surface area contributed by atoms with Crippen LogP contribution in [0.3, 0.4) is 0 Å². The Morgan fingerprint density at radius 1 is 1.14 bits per heavy atom. The predicted octanol–water partition coefficient (Wildman–Crippen LogP) is 3.21. The van der Waals surface area contributed by atoms with E-state index in [-0.39, 0.29) is 24.6 Å². The molecule has 7 nitrogen and oxygen atoms in total. The van der Waals surface area contributed by atoms with Crippen molar-refractivity contribution >= 4 is 27.6 Å². The maximum atomic E-state index is 12.6. The van der Waals surface area contributed by atoms with E-state index in [2.05, 4.69) is 0 Å². The van der Waals surface area contributed by atoms with Gasteiger partial charge in [-0.05, 0) is 69.9 Å². The van der Waals surface area contributed by atoms with E-state index in [0.717, 1.165) is 16.7 Å². The second-order valence-electron chi connectivity index (χ2n) is 8.60. The van der Waals surface area contributed by atoms with Crippen molar-refractivity contribution in [2.24, 2.45) is 0 Å². The number of ether oxygens (including phenoxy) is 1. The minimum absolute atomic E-state index is 0.00409. The van der Waals surface area contributed by atoms with Gasteiger partial charge in [0.1, 0.15) is 11.4 Å². The van der Waals surface area contributed by atoms with Gasteiger partial charge in [0.15, 0.2) is 0 Å². The summed E-state index contributed by atoms with van der Waals surface area (Å²) >= 11 is 0. The monoisotopic (exact) mass is 424 g/mol. The molecule has 1 heterocycles. The fourth-order valence-electron chi connectivity index (χ4n) is 3.37. The van der Waals surface area contributed by atoms with Gasteiger partial charge in [-0.15, -0.1) is 0 Å². The molecule has 0 aromatic heterocycles. The molecule has 2 rings (SSSR count). The summed E-state index contributed by atoms with van der Waals surface area (Å²) in [5.74, 6) is 0.122. The van der Waals surface area contributed by atoms with Gasteiger partial charge in [0, 0.05) is 38.7 Å². The molecule has 0 aliphatic carbocycles. The van der Waals surface area contributed by atoms with Gasteiger partial charge in [0.2, 0.25) is 10.0 Å². The molecule has 0 saturated carbocycles. The Bertz CT molecular complexity index is 854. The molecule has 0 unspecified atom stereocenters. The quantitative estimate of drug-likeness (QED) is 0.725. The van der Waals surface area contributed by atoms with E-state index < -0.39 is 21.7 Å². The number of hydrogen-bond donors (Lipinski definition) is 0. The van der Waals surface area contributed by atoms with Crippen molar-refractivity contribution in [3.63, 3.8) is 0 Å². The van der Waals surface area contributed by atoms with Crippen LogP contribution in [0.25, 0.3) is 0 Å². The van der Waals surface area contributed by atoms with Crippen molar-refractivity contribution < 1.29 is 22.7 Å². The van der Waals surface area contributed by atoms with Gasteiger partial charge in [0.05, 0.1) is 5.75 Å². The molecule has 29 heavy (non-hydrogen) atoms. The number of aryl methyl sites for hydroxylation is 2. The van der Waals surface area contributed by atoms with Crippen LogP contribution in [0.5, 0.6) is 0 Å². The molecule has 0 spiro atoms. The minimum atomic E-state index is -3.40. The van der Waals surface area contributed by atoms with Crippen LogP contribution in [0.1, 0.15) is 50.3 Å². The molecule has 1 fully saturated rings. The summed E-state index contributed by atoms with van der Waals surface area (Å²) in [5.41, 5.74) is 2.94. The summed E-state index contributed by atoms with van der Waals surface area (Å²) in [5, 5.41) is 0. The first kappa shape index (κ1) is 23.3. The number of sulfonamides is 1. The van der Waals surface area contributed by atoms with Crippen LogP contribution in [0.2, 0.25) is 0 Å². The molecular formula is C21H32N2O5S. The highest BCUT2D eigenvalue weighted by atomic mass is 32.2. The van der Waals surface area contributed by atoms with Gasteiger partial charge in [-0.1, -0.05) is 0 Å². The lowest BCUT2D eigenvalue weighted by atomic mass is 9.99. The van der Waals surface area contributed by atoms with E-state index in [1.54, 1.807) is 7.05 Å². The van der Waals surface area contributed by atoms with Crippen LogP contribution in [0.15, 0.2) is 12.1 Å². The van der Waals surface area contributed by atoms with Gasteiger partial charge in [0.25, 0.3) is 0 Å². The molecule has 1 aliphatic heterocycles. The number of nitrogens with zero attached hydrogens (tertiary/aromatic N) is 2. The number of piperidine rings is 1. The lowest BCUT2D eigenvalue weighted by Crippen LogP contribution is -2.40. The Hall–Kier alpha value is -1.93. The molecule has 8 heteroatoms. The number of amides is 1. The summed E-state index contributed by atoms with van der Waals surface area (Å²) in [4.78, 5) is 25.1. The fourth-order valence-corrected chi connectivity index (χ4v) is 4.83. The highest BCUT2D eigenvalue weighted by Crippen LogP contribution is 2.25. The lowest BCUT2D eigenvalue weighted by Gasteiger charge is -2.26. The van der Waals surface area contributed by atoms with Gasteiger partial charge < -0.3 is 4.74 Å². The number of carbonyl (C=O) groups excluding carboxylic acids is 2. The normalized spacial score (nSPS) is 16.0. The lowest BCUT2D eigenvalue weighted by molar-refractivity contribution is -0.120. The van der Waals surface area contributed by atoms with Crippen molar-refractivity contribution in [2.75, 3.05) is 30.8 Å². The highest BCUT2D eigenvalue weighted by Gasteiger charge is 2.27. The second kappa shape index (κ2) is 8.83. The summed E-state index contributed by atoms with van der Waals surface area (Å²) in [6.45, 7) is 9.84. The Kier molecular flexibility index (Phi) is 7.11. The number of rotatable bonds is 5. The third-order valence-electron chi connectivity index (χ3n) is 5.02. The SMILES string of the molecule is Cc1cc(N(C)C(=O)OC(C)(C)C)cc(C)c1CCS(=O)(=O)N1CCC(=O)CC1. The number of carbonyl (C=O) groups is 2. The Morgan fingerprint density at radius 2 is 1.66 bits per heavy atom. The van der Waals surface area contributed by atoms with Gasteiger partial charge >= 0.3 is 6.09 Å². The Balaban J connectivity index is 2.11. The first-order chi connectivity index (χ1) is 13.3. The summed E-state index contributed by atoms with van der Waals surface area (Å²) in [6, 6.07) is 3.75. The van der Waals surface area contributed by atoms with E-state index in [1.165, 1.54) is 9.21 Å². The topological polar surface area (TPSA) is 84.0 Å². The average Bonchev–Trinajstić information content (AvgIpc) is 2.59. The van der Waals surface area contributed by atoms with Gasteiger partial charge in [-0.3, -0.25) is 9.69 Å². The average molecular weight is 425 g/mol. The zero-order valence-electron chi connectivity index (χ0n) is 18.2. The molecule has 1 aromatic rings. The second-order valence-corrected chi connectivity index (χ2v) is 10.7. The van der Waals surface area contributed by atoms with Crippen LogP contribution in [0, 0.1) is 13.8 Å².